The van der Waals surface area contributed by atoms with Crippen molar-refractivity contribution in [2.24, 2.45) is 0 Å². The Labute approximate surface area is 114 Å². The topological polar surface area (TPSA) is 32.3 Å². The summed E-state index contributed by atoms with van der Waals surface area (Å²) in [6.07, 6.45) is -1.01. The summed E-state index contributed by atoms with van der Waals surface area (Å²) in [5.74, 6) is -1.02. The molecule has 0 aliphatic heterocycles. The predicted octanol–water partition coefficient (Wildman–Crippen LogP) is 3.76. The highest BCUT2D eigenvalue weighted by molar-refractivity contribution is 6.30. The van der Waals surface area contributed by atoms with Gasteiger partial charge < -0.3 is 10.4 Å². The van der Waals surface area contributed by atoms with Gasteiger partial charge in [-0.15, -0.1) is 0 Å². The Morgan fingerprint density at radius 3 is 2.53 bits per heavy atom. The molecule has 0 bridgehead atoms. The first kappa shape index (κ1) is 13.8. The number of benzene rings is 2. The summed E-state index contributed by atoms with van der Waals surface area (Å²) in [7, 11) is 0. The average Bonchev–Trinajstić information content (AvgIpc) is 2.40. The molecule has 2 N–H and O–H groups in total. The molecule has 19 heavy (non-hydrogen) atoms. The third-order valence-electron chi connectivity index (χ3n) is 2.68. The van der Waals surface area contributed by atoms with E-state index in [0.29, 0.717) is 5.69 Å². The van der Waals surface area contributed by atoms with Crippen molar-refractivity contribution in [3.8, 4) is 0 Å². The third-order valence-corrected chi connectivity index (χ3v) is 2.99. The van der Waals surface area contributed by atoms with E-state index in [0.717, 1.165) is 0 Å². The molecule has 0 saturated carbocycles. The lowest BCUT2D eigenvalue weighted by atomic mass is 10.1. The van der Waals surface area contributed by atoms with Gasteiger partial charge in [-0.2, -0.15) is 0 Å². The van der Waals surface area contributed by atoms with Crippen LogP contribution < -0.4 is 5.32 Å². The highest BCUT2D eigenvalue weighted by Gasteiger charge is 2.12. The largest absolute Gasteiger partial charge is 0.386 e. The molecule has 5 heteroatoms. The van der Waals surface area contributed by atoms with Crippen molar-refractivity contribution < 1.29 is 13.9 Å². The van der Waals surface area contributed by atoms with E-state index >= 15 is 0 Å². The molecule has 0 aliphatic rings. The number of hydrogen-bond acceptors (Lipinski definition) is 2. The number of rotatable bonds is 4. The maximum Gasteiger partial charge on any atom is 0.143 e. The van der Waals surface area contributed by atoms with Crippen molar-refractivity contribution in [3.05, 3.63) is 64.7 Å². The Morgan fingerprint density at radius 2 is 1.84 bits per heavy atom. The zero-order valence-electron chi connectivity index (χ0n) is 9.91. The maximum atomic E-state index is 13.4. The van der Waals surface area contributed by atoms with E-state index in [-0.39, 0.29) is 17.1 Å². The molecule has 1 unspecified atom stereocenters. The molecule has 2 aromatic rings. The molecule has 0 saturated heterocycles. The number of hydrogen-bond donors (Lipinski definition) is 2. The van der Waals surface area contributed by atoms with E-state index in [9.17, 15) is 13.9 Å². The summed E-state index contributed by atoms with van der Waals surface area (Å²) in [4.78, 5) is 0. The lowest BCUT2D eigenvalue weighted by molar-refractivity contribution is 0.186. The maximum absolute atomic E-state index is 13.4. The fourth-order valence-corrected chi connectivity index (χ4v) is 1.79. The first-order chi connectivity index (χ1) is 9.08. The molecular formula is C14H12ClF2NO. The molecule has 1 atom stereocenters. The molecule has 0 heterocycles. The van der Waals surface area contributed by atoms with Crippen LogP contribution in [0.4, 0.5) is 14.5 Å². The van der Waals surface area contributed by atoms with E-state index in [1.807, 2.05) is 0 Å². The standard InChI is InChI=1S/C14H12ClF2NO/c15-11-6-5-9(7-13(11)17)18-8-14(19)10-3-1-2-4-12(10)16/h1-7,14,18-19H,8H2. The molecule has 0 aliphatic carbocycles. The second kappa shape index (κ2) is 5.99. The highest BCUT2D eigenvalue weighted by Crippen LogP contribution is 2.21. The van der Waals surface area contributed by atoms with E-state index < -0.39 is 17.7 Å². The lowest BCUT2D eigenvalue weighted by Crippen LogP contribution is -2.13. The summed E-state index contributed by atoms with van der Waals surface area (Å²) >= 11 is 5.56. The Hall–Kier alpha value is -1.65. The van der Waals surface area contributed by atoms with Gasteiger partial charge in [0, 0.05) is 17.8 Å². The van der Waals surface area contributed by atoms with Crippen LogP contribution in [0.15, 0.2) is 42.5 Å². The minimum atomic E-state index is -1.01. The van der Waals surface area contributed by atoms with Crippen molar-refractivity contribution in [1.29, 1.82) is 0 Å². The Kier molecular flexibility index (Phi) is 4.35. The molecule has 0 radical (unpaired) electrons. The molecular weight excluding hydrogens is 272 g/mol. The van der Waals surface area contributed by atoms with Crippen LogP contribution in [0.3, 0.4) is 0 Å². The zero-order valence-corrected chi connectivity index (χ0v) is 10.7. The van der Waals surface area contributed by atoms with Gasteiger partial charge >= 0.3 is 0 Å². The summed E-state index contributed by atoms with van der Waals surface area (Å²) in [5, 5.41) is 12.7. The van der Waals surface area contributed by atoms with Gasteiger partial charge in [0.15, 0.2) is 0 Å². The fourth-order valence-electron chi connectivity index (χ4n) is 1.68. The average molecular weight is 284 g/mol. The number of nitrogens with one attached hydrogen (secondary N) is 1. The van der Waals surface area contributed by atoms with Gasteiger partial charge in [0.05, 0.1) is 11.1 Å². The van der Waals surface area contributed by atoms with Crippen LogP contribution in [0.2, 0.25) is 5.02 Å². The molecule has 100 valence electrons. The monoisotopic (exact) mass is 283 g/mol. The number of anilines is 1. The van der Waals surface area contributed by atoms with E-state index in [4.69, 9.17) is 11.6 Å². The van der Waals surface area contributed by atoms with Crippen LogP contribution in [0.25, 0.3) is 0 Å². The summed E-state index contributed by atoms with van der Waals surface area (Å²) in [6, 6.07) is 10.2. The van der Waals surface area contributed by atoms with Crippen molar-refractivity contribution in [2.75, 3.05) is 11.9 Å². The second-order valence-corrected chi connectivity index (χ2v) is 4.45. The molecule has 0 fully saturated rings. The quantitative estimate of drug-likeness (QED) is 0.895. The first-order valence-electron chi connectivity index (χ1n) is 5.69. The van der Waals surface area contributed by atoms with Crippen LogP contribution in [0.1, 0.15) is 11.7 Å². The van der Waals surface area contributed by atoms with Crippen LogP contribution in [0.5, 0.6) is 0 Å². The summed E-state index contributed by atoms with van der Waals surface area (Å²) in [6.45, 7) is 0.0714. The molecule has 2 rings (SSSR count). The Balaban J connectivity index is 2.02. The van der Waals surface area contributed by atoms with Gasteiger partial charge in [-0.3, -0.25) is 0 Å². The van der Waals surface area contributed by atoms with Crippen molar-refractivity contribution in [3.63, 3.8) is 0 Å². The van der Waals surface area contributed by atoms with Crippen LogP contribution in [-0.4, -0.2) is 11.7 Å². The van der Waals surface area contributed by atoms with Gasteiger partial charge in [-0.25, -0.2) is 8.78 Å². The third kappa shape index (κ3) is 3.43. The SMILES string of the molecule is OC(CNc1ccc(Cl)c(F)c1)c1ccccc1F. The molecule has 0 aromatic heterocycles. The molecule has 0 spiro atoms. The summed E-state index contributed by atoms with van der Waals surface area (Å²) in [5.41, 5.74) is 0.668. The van der Waals surface area contributed by atoms with Crippen molar-refractivity contribution >= 4 is 17.3 Å². The van der Waals surface area contributed by atoms with Gasteiger partial charge in [-0.1, -0.05) is 29.8 Å². The second-order valence-electron chi connectivity index (χ2n) is 4.05. The van der Waals surface area contributed by atoms with Gasteiger partial charge in [-0.05, 0) is 24.3 Å². The molecule has 2 aromatic carbocycles. The van der Waals surface area contributed by atoms with Gasteiger partial charge in [0.1, 0.15) is 11.6 Å². The smallest absolute Gasteiger partial charge is 0.143 e. The number of aliphatic hydroxyl groups is 1. The lowest BCUT2D eigenvalue weighted by Gasteiger charge is -2.14. The van der Waals surface area contributed by atoms with E-state index in [2.05, 4.69) is 5.32 Å². The predicted molar refractivity (Wildman–Crippen MR) is 71.3 cm³/mol. The van der Waals surface area contributed by atoms with Crippen molar-refractivity contribution in [2.45, 2.75) is 6.10 Å². The van der Waals surface area contributed by atoms with E-state index in [1.165, 1.54) is 24.3 Å². The molecule has 2 nitrogen and oxygen atoms in total. The molecule has 0 amide bonds. The van der Waals surface area contributed by atoms with E-state index in [1.54, 1.807) is 18.2 Å². The minimum absolute atomic E-state index is 0.0280. The van der Waals surface area contributed by atoms with Crippen LogP contribution >= 0.6 is 11.6 Å². The number of halogens is 3. The first-order valence-corrected chi connectivity index (χ1v) is 6.07. The van der Waals surface area contributed by atoms with Gasteiger partial charge in [0.25, 0.3) is 0 Å². The summed E-state index contributed by atoms with van der Waals surface area (Å²) < 4.78 is 26.6. The van der Waals surface area contributed by atoms with Crippen LogP contribution in [0, 0.1) is 11.6 Å². The Bertz CT molecular complexity index is 577. The zero-order chi connectivity index (χ0) is 13.8. The van der Waals surface area contributed by atoms with Crippen molar-refractivity contribution in [1.82, 2.24) is 0 Å². The van der Waals surface area contributed by atoms with Crippen LogP contribution in [-0.2, 0) is 0 Å². The number of aliphatic hydroxyl groups excluding tert-OH is 1. The normalized spacial score (nSPS) is 12.2. The highest BCUT2D eigenvalue weighted by atomic mass is 35.5. The Morgan fingerprint density at radius 1 is 1.11 bits per heavy atom. The van der Waals surface area contributed by atoms with Gasteiger partial charge in [0.2, 0.25) is 0 Å². The fraction of sp³-hybridized carbons (Fsp3) is 0.143. The minimum Gasteiger partial charge on any atom is -0.386 e.